The van der Waals surface area contributed by atoms with Gasteiger partial charge in [0.05, 0.1) is 0 Å². The Morgan fingerprint density at radius 2 is 1.07 bits per heavy atom. The van der Waals surface area contributed by atoms with Gasteiger partial charge < -0.3 is 22.9 Å². The molecule has 0 amide bonds. The first-order chi connectivity index (χ1) is 13.0. The van der Waals surface area contributed by atoms with E-state index in [2.05, 4.69) is 41.0 Å². The van der Waals surface area contributed by atoms with Crippen molar-refractivity contribution in [2.45, 2.75) is 87.3 Å². The summed E-state index contributed by atoms with van der Waals surface area (Å²) in [5, 5.41) is 8.21. The number of nitrogens with one attached hydrogen (secondary N) is 2. The van der Waals surface area contributed by atoms with E-state index in [1.165, 1.54) is 51.4 Å². The Bertz CT molecular complexity index is 509. The van der Waals surface area contributed by atoms with Gasteiger partial charge in [-0.25, -0.2) is 0 Å². The van der Waals surface area contributed by atoms with E-state index in [4.69, 9.17) is 22.9 Å². The van der Waals surface area contributed by atoms with Gasteiger partial charge in [-0.2, -0.15) is 0 Å². The highest BCUT2D eigenvalue weighted by Crippen LogP contribution is 2.54. The summed E-state index contributed by atoms with van der Waals surface area (Å²) in [5.41, 5.74) is 24.5. The van der Waals surface area contributed by atoms with E-state index in [0.717, 1.165) is 11.3 Å². The molecule has 0 aliphatic heterocycles. The fourth-order valence-electron chi connectivity index (χ4n) is 4.91. The lowest BCUT2D eigenvalue weighted by Gasteiger charge is -2.42. The van der Waals surface area contributed by atoms with Crippen molar-refractivity contribution in [3.05, 3.63) is 30.3 Å². The molecule has 0 spiro atoms. The Morgan fingerprint density at radius 3 is 1.44 bits per heavy atom. The second kappa shape index (κ2) is 10.3. The van der Waals surface area contributed by atoms with E-state index in [1.54, 1.807) is 5.30 Å². The fourth-order valence-corrected chi connectivity index (χ4v) is 8.57. The summed E-state index contributed by atoms with van der Waals surface area (Å²) < 4.78 is 0. The average molecular weight is 393 g/mol. The Labute approximate surface area is 164 Å². The van der Waals surface area contributed by atoms with Crippen LogP contribution in [0.1, 0.15) is 51.4 Å². The molecule has 0 radical (unpaired) electrons. The van der Waals surface area contributed by atoms with Crippen LogP contribution in [0, 0.1) is 0 Å². The zero-order valence-electron chi connectivity index (χ0n) is 16.3. The third-order valence-electron chi connectivity index (χ3n) is 6.09. The molecule has 6 nitrogen and oxygen atoms in total. The molecule has 2 saturated carbocycles. The van der Waals surface area contributed by atoms with Crippen LogP contribution in [0.5, 0.6) is 0 Å². The predicted octanol–water partition coefficient (Wildman–Crippen LogP) is 0.997. The van der Waals surface area contributed by atoms with Crippen LogP contribution in [0.3, 0.4) is 0 Å². The molecule has 7 heteroatoms. The maximum atomic E-state index is 5.72. The van der Waals surface area contributed by atoms with Crippen LogP contribution < -0.4 is 38.9 Å². The van der Waals surface area contributed by atoms with Crippen molar-refractivity contribution in [1.82, 2.24) is 10.6 Å². The molecular formula is C20H37N6P. The largest absolute Gasteiger partial charge is 0.304 e. The highest BCUT2D eigenvalue weighted by atomic mass is 31.1. The van der Waals surface area contributed by atoms with Crippen molar-refractivity contribution in [3.8, 4) is 0 Å². The van der Waals surface area contributed by atoms with Gasteiger partial charge in [0.2, 0.25) is 0 Å². The van der Waals surface area contributed by atoms with Crippen molar-refractivity contribution in [2.75, 3.05) is 0 Å². The zero-order valence-corrected chi connectivity index (χ0v) is 17.2. The zero-order chi connectivity index (χ0) is 19.2. The predicted molar refractivity (Wildman–Crippen MR) is 116 cm³/mol. The molecule has 0 aromatic heterocycles. The van der Waals surface area contributed by atoms with Crippen molar-refractivity contribution >= 4 is 13.2 Å². The maximum Gasteiger partial charge on any atom is 0.107 e. The summed E-state index contributed by atoms with van der Waals surface area (Å²) in [6, 6.07) is 12.2. The maximum absolute atomic E-state index is 5.72. The summed E-state index contributed by atoms with van der Waals surface area (Å²) in [4.78, 5) is 0. The number of hydrogen-bond acceptors (Lipinski definition) is 6. The molecule has 1 aromatic rings. The van der Waals surface area contributed by atoms with E-state index in [0.29, 0.717) is 12.1 Å². The van der Waals surface area contributed by atoms with Crippen LogP contribution in [0.2, 0.25) is 0 Å². The van der Waals surface area contributed by atoms with Gasteiger partial charge in [-0.1, -0.05) is 38.3 Å². The second-order valence-electron chi connectivity index (χ2n) is 8.14. The van der Waals surface area contributed by atoms with Crippen LogP contribution in [-0.2, 0) is 0 Å². The number of nitrogens with two attached hydrogens (primary N) is 4. The fraction of sp³-hybridized carbons (Fsp3) is 0.700. The summed E-state index contributed by atoms with van der Waals surface area (Å²) in [5.74, 6) is 0. The van der Waals surface area contributed by atoms with Crippen molar-refractivity contribution in [3.63, 3.8) is 0 Å². The van der Waals surface area contributed by atoms with Crippen LogP contribution in [0.15, 0.2) is 30.3 Å². The van der Waals surface area contributed by atoms with Gasteiger partial charge in [-0.15, -0.1) is 0 Å². The molecule has 10 N–H and O–H groups in total. The SMILES string of the molecule is NC(N)NC1CCC(P(c2ccccc2)C2CCC(NC(N)N)CC2)CC1. The van der Waals surface area contributed by atoms with E-state index < -0.39 is 12.6 Å². The Kier molecular flexibility index (Phi) is 8.03. The van der Waals surface area contributed by atoms with Crippen LogP contribution >= 0.6 is 7.92 Å². The van der Waals surface area contributed by atoms with Crippen LogP contribution in [0.4, 0.5) is 0 Å². The highest BCUT2D eigenvalue weighted by molar-refractivity contribution is 7.67. The Morgan fingerprint density at radius 1 is 0.667 bits per heavy atom. The third-order valence-corrected chi connectivity index (χ3v) is 9.59. The summed E-state index contributed by atoms with van der Waals surface area (Å²) in [6.45, 7) is 0. The molecular weight excluding hydrogens is 355 g/mol. The van der Waals surface area contributed by atoms with Gasteiger partial charge in [0.25, 0.3) is 0 Å². The molecule has 2 aliphatic carbocycles. The van der Waals surface area contributed by atoms with Crippen LogP contribution in [0.25, 0.3) is 0 Å². The summed E-state index contributed by atoms with van der Waals surface area (Å²) in [7, 11) is -0.151. The Hall–Kier alpha value is -0.590. The number of benzene rings is 1. The topological polar surface area (TPSA) is 128 Å². The molecule has 27 heavy (non-hydrogen) atoms. The van der Waals surface area contributed by atoms with E-state index in [1.807, 2.05) is 0 Å². The Balaban J connectivity index is 1.65. The number of rotatable bonds is 7. The summed E-state index contributed by atoms with van der Waals surface area (Å²) >= 11 is 0. The highest BCUT2D eigenvalue weighted by Gasteiger charge is 2.35. The molecule has 0 unspecified atom stereocenters. The number of hydrogen-bond donors (Lipinski definition) is 6. The molecule has 0 heterocycles. The molecule has 0 bridgehead atoms. The van der Waals surface area contributed by atoms with Crippen molar-refractivity contribution < 1.29 is 0 Å². The van der Waals surface area contributed by atoms with Gasteiger partial charge in [0.1, 0.15) is 12.6 Å². The first-order valence-corrected chi connectivity index (χ1v) is 11.9. The molecule has 0 saturated heterocycles. The second-order valence-corrected chi connectivity index (χ2v) is 10.9. The minimum absolute atomic E-state index is 0.151. The first kappa shape index (κ1) is 21.1. The standard InChI is InChI=1S/C20H37N6P/c21-19(22)25-14-6-10-17(11-7-14)27(16-4-2-1-3-5-16)18-12-8-15(9-13-18)26-20(23)24/h1-5,14-15,17-20,25-26H,6-13,21-24H2. The van der Waals surface area contributed by atoms with Crippen LogP contribution in [-0.4, -0.2) is 36.0 Å². The van der Waals surface area contributed by atoms with Gasteiger partial charge in [0, 0.05) is 12.1 Å². The minimum Gasteiger partial charge on any atom is -0.304 e. The monoisotopic (exact) mass is 392 g/mol. The van der Waals surface area contributed by atoms with Gasteiger partial charge in [-0.3, -0.25) is 10.6 Å². The molecule has 3 rings (SSSR count). The van der Waals surface area contributed by atoms with E-state index in [-0.39, 0.29) is 7.92 Å². The summed E-state index contributed by atoms with van der Waals surface area (Å²) in [6.07, 6.45) is 9.01. The average Bonchev–Trinajstić information content (AvgIpc) is 2.65. The normalized spacial score (nSPS) is 30.6. The lowest BCUT2D eigenvalue weighted by atomic mass is 9.94. The molecule has 0 atom stereocenters. The van der Waals surface area contributed by atoms with Gasteiger partial charge in [0.15, 0.2) is 0 Å². The van der Waals surface area contributed by atoms with Crippen molar-refractivity contribution in [2.24, 2.45) is 22.9 Å². The lowest BCUT2D eigenvalue weighted by Crippen LogP contribution is -2.51. The van der Waals surface area contributed by atoms with Gasteiger partial charge >= 0.3 is 0 Å². The first-order valence-electron chi connectivity index (χ1n) is 10.4. The third kappa shape index (κ3) is 6.20. The molecule has 2 fully saturated rings. The van der Waals surface area contributed by atoms with E-state index >= 15 is 0 Å². The molecule has 152 valence electrons. The molecule has 2 aliphatic rings. The van der Waals surface area contributed by atoms with Gasteiger partial charge in [-0.05, 0) is 68.0 Å². The lowest BCUT2D eigenvalue weighted by molar-refractivity contribution is 0.335. The minimum atomic E-state index is -0.404. The molecule has 1 aromatic carbocycles. The van der Waals surface area contributed by atoms with Crippen molar-refractivity contribution in [1.29, 1.82) is 0 Å². The smallest absolute Gasteiger partial charge is 0.107 e. The quantitative estimate of drug-likeness (QED) is 0.303. The van der Waals surface area contributed by atoms with E-state index in [9.17, 15) is 0 Å².